The molecule has 0 spiro atoms. The normalized spacial score (nSPS) is 29.0. The number of ether oxygens (including phenoxy) is 1. The minimum atomic E-state index is -2.86. The van der Waals surface area contributed by atoms with E-state index in [0.29, 0.717) is 22.4 Å². The highest BCUT2D eigenvalue weighted by Crippen LogP contribution is 2.56. The summed E-state index contributed by atoms with van der Waals surface area (Å²) in [5.41, 5.74) is 2.33. The fourth-order valence-corrected chi connectivity index (χ4v) is 6.00. The molecule has 0 aromatic heterocycles. The molecule has 7 N–H and O–H groups in total. The van der Waals surface area contributed by atoms with Gasteiger partial charge in [0.1, 0.15) is 28.6 Å². The van der Waals surface area contributed by atoms with Crippen molar-refractivity contribution in [1.29, 1.82) is 0 Å². The number of phenolic OH excluding ortho intramolecular Hbond substituents is 1. The summed E-state index contributed by atoms with van der Waals surface area (Å²) in [5, 5.41) is 55.9. The van der Waals surface area contributed by atoms with Crippen LogP contribution in [0.25, 0.3) is 16.9 Å². The lowest BCUT2D eigenvalue weighted by Gasteiger charge is -2.50. The third-order valence-corrected chi connectivity index (χ3v) is 7.90. The number of Topliss-reactive ketones (excluding diaryl/α,β-unsaturated/α-hetero) is 2. The summed E-state index contributed by atoms with van der Waals surface area (Å²) < 4.78 is 5.16. The van der Waals surface area contributed by atoms with Crippen molar-refractivity contribution in [1.82, 2.24) is 0 Å². The van der Waals surface area contributed by atoms with Gasteiger partial charge >= 0.3 is 0 Å². The number of methoxy groups -OCH3 is 1. The van der Waals surface area contributed by atoms with Crippen molar-refractivity contribution >= 4 is 23.2 Å². The third kappa shape index (κ3) is 3.15. The van der Waals surface area contributed by atoms with Gasteiger partial charge < -0.3 is 36.0 Å². The number of carbonyl (C=O) groups excluding carboxylic acids is 3. The standard InChI is InChI=1S/C27H25NO9/c1-10-13-7-8-14(11-3-5-12(37-2)6-4-11)21(30)18(13)23(32)20-17(10)22(31)15-9-16(29)19(26(28)35)24(33)27(15,36)25(20)34/h3-8,10,15,17,22,30-33,36H,9H2,1-2H3,(H2,28,35)/t10-,15+,17+,22+,27+/m0/s1. The Balaban J connectivity index is 1.72. The van der Waals surface area contributed by atoms with Crippen LogP contribution in [0.4, 0.5) is 0 Å². The molecule has 0 unspecified atom stereocenters. The van der Waals surface area contributed by atoms with Crippen molar-refractivity contribution in [2.45, 2.75) is 31.0 Å². The monoisotopic (exact) mass is 507 g/mol. The Morgan fingerprint density at radius 3 is 2.32 bits per heavy atom. The molecule has 10 nitrogen and oxygen atoms in total. The molecule has 3 aliphatic rings. The molecule has 0 aliphatic heterocycles. The van der Waals surface area contributed by atoms with Crippen molar-refractivity contribution in [3.05, 3.63) is 64.4 Å². The third-order valence-electron chi connectivity index (χ3n) is 7.90. The van der Waals surface area contributed by atoms with E-state index in [1.165, 1.54) is 7.11 Å². The van der Waals surface area contributed by atoms with Crippen molar-refractivity contribution in [2.24, 2.45) is 17.6 Å². The molecule has 0 heterocycles. The van der Waals surface area contributed by atoms with Crippen molar-refractivity contribution in [2.75, 3.05) is 7.11 Å². The molecule has 10 heteroatoms. The highest BCUT2D eigenvalue weighted by molar-refractivity contribution is 6.23. The van der Waals surface area contributed by atoms with E-state index in [9.17, 15) is 39.9 Å². The quantitative estimate of drug-likeness (QED) is 0.336. The zero-order valence-corrected chi connectivity index (χ0v) is 19.9. The number of aromatic hydroxyl groups is 1. The van der Waals surface area contributed by atoms with Crippen LogP contribution in [0.5, 0.6) is 11.5 Å². The van der Waals surface area contributed by atoms with E-state index < -0.39 is 76.0 Å². The molecule has 37 heavy (non-hydrogen) atoms. The van der Waals surface area contributed by atoms with Crippen molar-refractivity contribution < 1.29 is 44.7 Å². The van der Waals surface area contributed by atoms with Gasteiger partial charge in [-0.05, 0) is 29.2 Å². The van der Waals surface area contributed by atoms with Crippen molar-refractivity contribution in [3.63, 3.8) is 0 Å². The molecule has 1 fully saturated rings. The molecule has 0 saturated heterocycles. The highest BCUT2D eigenvalue weighted by atomic mass is 16.5. The number of hydrogen-bond acceptors (Lipinski definition) is 9. The van der Waals surface area contributed by atoms with E-state index in [-0.39, 0.29) is 11.3 Å². The Morgan fingerprint density at radius 2 is 1.73 bits per heavy atom. The van der Waals surface area contributed by atoms with Gasteiger partial charge in [-0.15, -0.1) is 0 Å². The first-order chi connectivity index (χ1) is 17.4. The van der Waals surface area contributed by atoms with Crippen LogP contribution in [0.2, 0.25) is 0 Å². The van der Waals surface area contributed by atoms with Crippen LogP contribution < -0.4 is 10.5 Å². The average molecular weight is 507 g/mol. The van der Waals surface area contributed by atoms with E-state index in [1.54, 1.807) is 43.3 Å². The Hall–Kier alpha value is -4.15. The van der Waals surface area contributed by atoms with Crippen LogP contribution in [-0.2, 0) is 14.4 Å². The predicted molar refractivity (Wildman–Crippen MR) is 129 cm³/mol. The summed E-state index contributed by atoms with van der Waals surface area (Å²) in [4.78, 5) is 38.0. The predicted octanol–water partition coefficient (Wildman–Crippen LogP) is 1.63. The molecule has 3 aliphatic carbocycles. The first-order valence-corrected chi connectivity index (χ1v) is 11.6. The first-order valence-electron chi connectivity index (χ1n) is 11.6. The number of carbonyl (C=O) groups is 3. The van der Waals surface area contributed by atoms with Crippen molar-refractivity contribution in [3.8, 4) is 22.6 Å². The summed E-state index contributed by atoms with van der Waals surface area (Å²) in [6.45, 7) is 1.68. The second-order valence-electron chi connectivity index (χ2n) is 9.64. The smallest absolute Gasteiger partial charge is 0.255 e. The van der Waals surface area contributed by atoms with Crippen LogP contribution in [0.1, 0.15) is 30.4 Å². The number of benzene rings is 2. The number of fused-ring (bicyclic) bond motifs is 3. The summed E-state index contributed by atoms with van der Waals surface area (Å²) in [6.07, 6.45) is -2.18. The molecule has 192 valence electrons. The maximum atomic E-state index is 13.7. The second kappa shape index (κ2) is 8.19. The number of aliphatic hydroxyl groups is 4. The van der Waals surface area contributed by atoms with Crippen LogP contribution in [0, 0.1) is 11.8 Å². The Bertz CT molecular complexity index is 1440. The van der Waals surface area contributed by atoms with Crippen LogP contribution in [-0.4, -0.2) is 61.8 Å². The van der Waals surface area contributed by atoms with Gasteiger partial charge in [0.25, 0.3) is 5.91 Å². The van der Waals surface area contributed by atoms with Gasteiger partial charge in [-0.2, -0.15) is 0 Å². The van der Waals surface area contributed by atoms with Crippen LogP contribution in [0.3, 0.4) is 0 Å². The lowest BCUT2D eigenvalue weighted by molar-refractivity contribution is -0.160. The summed E-state index contributed by atoms with van der Waals surface area (Å²) in [7, 11) is 1.52. The zero-order chi connectivity index (χ0) is 27.0. The summed E-state index contributed by atoms with van der Waals surface area (Å²) >= 11 is 0. The van der Waals surface area contributed by atoms with Gasteiger partial charge in [0.05, 0.1) is 18.8 Å². The average Bonchev–Trinajstić information content (AvgIpc) is 2.86. The number of phenols is 1. The molecule has 5 rings (SSSR count). The number of aliphatic hydroxyl groups excluding tert-OH is 3. The van der Waals surface area contributed by atoms with Gasteiger partial charge in [-0.25, -0.2) is 0 Å². The molecule has 0 bridgehead atoms. The molecular formula is C27H25NO9. The van der Waals surface area contributed by atoms with Gasteiger partial charge in [-0.1, -0.05) is 31.2 Å². The van der Waals surface area contributed by atoms with Crippen LogP contribution >= 0.6 is 0 Å². The van der Waals surface area contributed by atoms with E-state index in [1.807, 2.05) is 0 Å². The van der Waals surface area contributed by atoms with Crippen LogP contribution in [0.15, 0.2) is 53.3 Å². The van der Waals surface area contributed by atoms with Gasteiger partial charge in [0.2, 0.25) is 5.78 Å². The number of hydrogen-bond donors (Lipinski definition) is 6. The van der Waals surface area contributed by atoms with E-state index in [0.717, 1.165) is 0 Å². The number of primary amides is 1. The second-order valence-corrected chi connectivity index (χ2v) is 9.64. The minimum Gasteiger partial charge on any atom is -0.508 e. The molecule has 2 aromatic rings. The fourth-order valence-electron chi connectivity index (χ4n) is 6.00. The summed E-state index contributed by atoms with van der Waals surface area (Å²) in [6, 6.07) is 10.1. The Labute approximate surface area is 210 Å². The van der Waals surface area contributed by atoms with Gasteiger partial charge in [-0.3, -0.25) is 14.4 Å². The molecular weight excluding hydrogens is 482 g/mol. The van der Waals surface area contributed by atoms with Gasteiger partial charge in [0, 0.05) is 29.4 Å². The van der Waals surface area contributed by atoms with Gasteiger partial charge in [0.15, 0.2) is 11.4 Å². The molecule has 1 amide bonds. The number of ketones is 2. The topological polar surface area (TPSA) is 188 Å². The summed E-state index contributed by atoms with van der Waals surface area (Å²) in [5.74, 6) is -8.26. The number of amides is 1. The minimum absolute atomic E-state index is 0.0554. The largest absolute Gasteiger partial charge is 0.508 e. The number of rotatable bonds is 3. The zero-order valence-electron chi connectivity index (χ0n) is 19.9. The van der Waals surface area contributed by atoms with E-state index >= 15 is 0 Å². The number of nitrogens with two attached hydrogens (primary N) is 1. The first kappa shape index (κ1) is 24.5. The maximum absolute atomic E-state index is 13.7. The highest BCUT2D eigenvalue weighted by Gasteiger charge is 2.64. The molecule has 0 radical (unpaired) electrons. The molecule has 1 saturated carbocycles. The lowest BCUT2D eigenvalue weighted by atomic mass is 9.55. The Kier molecular flexibility index (Phi) is 5.43. The van der Waals surface area contributed by atoms with E-state index in [2.05, 4.69) is 0 Å². The Morgan fingerprint density at radius 1 is 1.08 bits per heavy atom. The van der Waals surface area contributed by atoms with E-state index in [4.69, 9.17) is 10.5 Å². The fraction of sp³-hybridized carbons (Fsp3) is 0.296. The maximum Gasteiger partial charge on any atom is 0.255 e. The SMILES string of the molecule is COc1ccc(-c2ccc3c(c2O)C(O)=C2C(=O)[C@]4(O)C(O)=C(C(N)=O)C(=O)C[C@@H]4[C@@H](O)[C@@H]2[C@H]3C)cc1. The molecule has 5 atom stereocenters. The molecule has 2 aromatic carbocycles. The lowest BCUT2D eigenvalue weighted by Crippen LogP contribution is -2.63.